The molecule has 0 N–H and O–H groups in total. The fourth-order valence-electron chi connectivity index (χ4n) is 2.83. The third kappa shape index (κ3) is 2.10. The summed E-state index contributed by atoms with van der Waals surface area (Å²) in [5.74, 6) is 0. The normalized spacial score (nSPS) is 15.1. The smallest absolute Gasteiger partial charge is 0.269 e. The summed E-state index contributed by atoms with van der Waals surface area (Å²) in [6.07, 6.45) is 3.07. The van der Waals surface area contributed by atoms with Crippen molar-refractivity contribution in [3.8, 4) is 11.3 Å². The van der Waals surface area contributed by atoms with Crippen LogP contribution >= 0.6 is 11.3 Å². The molecule has 1 aromatic carbocycles. The first-order chi connectivity index (χ1) is 10.6. The summed E-state index contributed by atoms with van der Waals surface area (Å²) < 4.78 is 2.17. The highest BCUT2D eigenvalue weighted by Gasteiger charge is 2.20. The SMILES string of the molecule is CN1CCc2c(sc3nc(-c4ccc([N+](=O)[O-])cc4)cn23)C1. The second-order valence-corrected chi connectivity index (χ2v) is 6.60. The maximum Gasteiger partial charge on any atom is 0.269 e. The number of non-ortho nitro benzene ring substituents is 1. The molecular formula is C15H14N4O2S. The summed E-state index contributed by atoms with van der Waals surface area (Å²) in [6, 6.07) is 6.55. The van der Waals surface area contributed by atoms with Gasteiger partial charge >= 0.3 is 0 Å². The van der Waals surface area contributed by atoms with E-state index in [1.54, 1.807) is 23.5 Å². The Labute approximate surface area is 130 Å². The van der Waals surface area contributed by atoms with E-state index in [1.807, 2.05) is 6.20 Å². The number of nitrogens with zero attached hydrogens (tertiary/aromatic N) is 4. The first-order valence-electron chi connectivity index (χ1n) is 7.05. The van der Waals surface area contributed by atoms with Gasteiger partial charge in [-0.25, -0.2) is 4.98 Å². The molecule has 3 aromatic rings. The van der Waals surface area contributed by atoms with E-state index in [4.69, 9.17) is 0 Å². The van der Waals surface area contributed by atoms with Crippen LogP contribution in [0.5, 0.6) is 0 Å². The van der Waals surface area contributed by atoms with Crippen LogP contribution in [0, 0.1) is 10.1 Å². The molecule has 6 nitrogen and oxygen atoms in total. The van der Waals surface area contributed by atoms with Gasteiger partial charge in [-0.1, -0.05) is 11.3 Å². The fraction of sp³-hybridized carbons (Fsp3) is 0.267. The Hall–Kier alpha value is -2.25. The summed E-state index contributed by atoms with van der Waals surface area (Å²) >= 11 is 1.73. The van der Waals surface area contributed by atoms with Crippen LogP contribution in [-0.4, -0.2) is 32.8 Å². The minimum atomic E-state index is -0.387. The third-order valence-corrected chi connectivity index (χ3v) is 5.10. The Morgan fingerprint density at radius 2 is 2.09 bits per heavy atom. The lowest BCUT2D eigenvalue weighted by Crippen LogP contribution is -2.26. The van der Waals surface area contributed by atoms with Crippen molar-refractivity contribution in [2.75, 3.05) is 13.6 Å². The predicted molar refractivity (Wildman–Crippen MR) is 85.2 cm³/mol. The molecule has 22 heavy (non-hydrogen) atoms. The molecule has 0 unspecified atom stereocenters. The molecule has 0 bridgehead atoms. The van der Waals surface area contributed by atoms with Crippen LogP contribution in [-0.2, 0) is 13.0 Å². The number of benzene rings is 1. The zero-order valence-electron chi connectivity index (χ0n) is 12.0. The van der Waals surface area contributed by atoms with Gasteiger partial charge in [-0.2, -0.15) is 0 Å². The number of aromatic nitrogens is 2. The van der Waals surface area contributed by atoms with Crippen LogP contribution in [0.25, 0.3) is 16.2 Å². The third-order valence-electron chi connectivity index (χ3n) is 4.02. The van der Waals surface area contributed by atoms with Crippen molar-refractivity contribution in [3.63, 3.8) is 0 Å². The van der Waals surface area contributed by atoms with Crippen molar-refractivity contribution in [1.82, 2.24) is 14.3 Å². The molecule has 0 aliphatic carbocycles. The minimum Gasteiger partial charge on any atom is -0.301 e. The van der Waals surface area contributed by atoms with Gasteiger partial charge in [0.1, 0.15) is 0 Å². The van der Waals surface area contributed by atoms with Crippen LogP contribution in [0.2, 0.25) is 0 Å². The molecule has 7 heteroatoms. The van der Waals surface area contributed by atoms with E-state index in [0.717, 1.165) is 35.7 Å². The minimum absolute atomic E-state index is 0.102. The quantitative estimate of drug-likeness (QED) is 0.539. The number of rotatable bonds is 2. The number of imidazole rings is 1. The molecule has 0 atom stereocenters. The van der Waals surface area contributed by atoms with E-state index in [0.29, 0.717) is 0 Å². The number of hydrogen-bond donors (Lipinski definition) is 0. The maximum absolute atomic E-state index is 10.7. The molecule has 0 spiro atoms. The van der Waals surface area contributed by atoms with E-state index >= 15 is 0 Å². The van der Waals surface area contributed by atoms with Gasteiger partial charge < -0.3 is 4.90 Å². The summed E-state index contributed by atoms with van der Waals surface area (Å²) in [5.41, 5.74) is 3.22. The van der Waals surface area contributed by atoms with Crippen LogP contribution in [0.4, 0.5) is 5.69 Å². The highest BCUT2D eigenvalue weighted by Crippen LogP contribution is 2.31. The number of nitro benzene ring substituents is 1. The van der Waals surface area contributed by atoms with E-state index in [9.17, 15) is 10.1 Å². The van der Waals surface area contributed by atoms with Gasteiger partial charge in [-0.3, -0.25) is 14.5 Å². The Bertz CT molecular complexity index is 866. The summed E-state index contributed by atoms with van der Waals surface area (Å²) in [5, 5.41) is 10.7. The highest BCUT2D eigenvalue weighted by molar-refractivity contribution is 7.17. The van der Waals surface area contributed by atoms with Crippen LogP contribution in [0.3, 0.4) is 0 Å². The van der Waals surface area contributed by atoms with Crippen LogP contribution in [0.15, 0.2) is 30.5 Å². The Morgan fingerprint density at radius 3 is 2.82 bits per heavy atom. The zero-order valence-corrected chi connectivity index (χ0v) is 12.8. The largest absolute Gasteiger partial charge is 0.301 e. The van der Waals surface area contributed by atoms with Gasteiger partial charge in [0.2, 0.25) is 0 Å². The maximum atomic E-state index is 10.7. The highest BCUT2D eigenvalue weighted by atomic mass is 32.1. The molecule has 4 rings (SSSR count). The van der Waals surface area contributed by atoms with Gasteiger partial charge in [0.15, 0.2) is 4.96 Å². The first-order valence-corrected chi connectivity index (χ1v) is 7.86. The Morgan fingerprint density at radius 1 is 1.32 bits per heavy atom. The molecule has 1 aliphatic heterocycles. The lowest BCUT2D eigenvalue weighted by Gasteiger charge is -2.21. The van der Waals surface area contributed by atoms with Crippen molar-refractivity contribution in [1.29, 1.82) is 0 Å². The molecule has 0 amide bonds. The second-order valence-electron chi connectivity index (χ2n) is 5.54. The van der Waals surface area contributed by atoms with Crippen molar-refractivity contribution in [3.05, 3.63) is 51.1 Å². The monoisotopic (exact) mass is 314 g/mol. The topological polar surface area (TPSA) is 63.7 Å². The summed E-state index contributed by atoms with van der Waals surface area (Å²) in [7, 11) is 2.13. The number of hydrogen-bond acceptors (Lipinski definition) is 5. The van der Waals surface area contributed by atoms with Crippen LogP contribution in [0.1, 0.15) is 10.6 Å². The predicted octanol–water partition coefficient (Wildman–Crippen LogP) is 2.96. The van der Waals surface area contributed by atoms with E-state index in [-0.39, 0.29) is 10.6 Å². The molecule has 2 aromatic heterocycles. The van der Waals surface area contributed by atoms with Crippen molar-refractivity contribution in [2.24, 2.45) is 0 Å². The van der Waals surface area contributed by atoms with Gasteiger partial charge in [0, 0.05) is 54.0 Å². The lowest BCUT2D eigenvalue weighted by atomic mass is 10.1. The standard InChI is InChI=1S/C15H14N4O2S/c1-17-7-6-13-14(9-17)22-15-16-12(8-18(13)15)10-2-4-11(5-3-10)19(20)21/h2-5,8H,6-7,9H2,1H3. The van der Waals surface area contributed by atoms with Gasteiger partial charge in [0.05, 0.1) is 10.6 Å². The van der Waals surface area contributed by atoms with E-state index in [2.05, 4.69) is 21.3 Å². The average molecular weight is 314 g/mol. The van der Waals surface area contributed by atoms with Crippen molar-refractivity contribution in [2.45, 2.75) is 13.0 Å². The molecule has 0 radical (unpaired) electrons. The number of fused-ring (bicyclic) bond motifs is 3. The van der Waals surface area contributed by atoms with Gasteiger partial charge in [-0.05, 0) is 19.2 Å². The van der Waals surface area contributed by atoms with Crippen molar-refractivity contribution < 1.29 is 4.92 Å². The van der Waals surface area contributed by atoms with E-state index in [1.165, 1.54) is 22.7 Å². The molecule has 3 heterocycles. The molecular weight excluding hydrogens is 300 g/mol. The second kappa shape index (κ2) is 4.89. The molecule has 1 aliphatic rings. The molecule has 0 saturated carbocycles. The number of thiazole rings is 1. The van der Waals surface area contributed by atoms with Crippen molar-refractivity contribution >= 4 is 22.0 Å². The summed E-state index contributed by atoms with van der Waals surface area (Å²) in [6.45, 7) is 2.04. The zero-order chi connectivity index (χ0) is 15.3. The fourth-order valence-corrected chi connectivity index (χ4v) is 4.06. The number of likely N-dealkylation sites (N-methyl/N-ethyl adjacent to an activating group) is 1. The van der Waals surface area contributed by atoms with Crippen LogP contribution < -0.4 is 0 Å². The van der Waals surface area contributed by atoms with Gasteiger partial charge in [0.25, 0.3) is 5.69 Å². The Balaban J connectivity index is 1.74. The summed E-state index contributed by atoms with van der Waals surface area (Å²) in [4.78, 5) is 19.7. The lowest BCUT2D eigenvalue weighted by molar-refractivity contribution is -0.384. The Kier molecular flexibility index (Phi) is 2.98. The molecule has 0 fully saturated rings. The first kappa shape index (κ1) is 13.4. The molecule has 112 valence electrons. The average Bonchev–Trinajstić information content (AvgIpc) is 3.04. The van der Waals surface area contributed by atoms with Gasteiger partial charge in [-0.15, -0.1) is 0 Å². The number of nitro groups is 1. The molecule has 0 saturated heterocycles. The van der Waals surface area contributed by atoms with E-state index < -0.39 is 0 Å².